The minimum Gasteiger partial charge on any atom is -0.494 e. The predicted octanol–water partition coefficient (Wildman–Crippen LogP) is 4.83. The van der Waals surface area contributed by atoms with Crippen LogP contribution >= 0.6 is 34.7 Å². The van der Waals surface area contributed by atoms with Crippen molar-refractivity contribution in [1.29, 1.82) is 0 Å². The number of rotatable bonds is 6. The number of hydrogen-bond acceptors (Lipinski definition) is 6. The Balaban J connectivity index is 1.79. The number of thiazole rings is 1. The highest BCUT2D eigenvalue weighted by molar-refractivity contribution is 7.99. The maximum absolute atomic E-state index is 12.5. The lowest BCUT2D eigenvalue weighted by atomic mass is 10.2. The number of carbonyl (C=O) groups excluding carboxylic acids is 1. The van der Waals surface area contributed by atoms with Crippen LogP contribution in [0.4, 0.5) is 5.13 Å². The maximum Gasteiger partial charge on any atom is 0.270 e. The molecule has 0 bridgehead atoms. The standard InChI is InChI=1S/C17H16ClN3O2S2/c1-3-24-13-7-5-4-6-10(13)16(22)20-21-17-19-14-12(23-2)9-8-11(18)15(14)25-17/h4-9H,3H2,1-2H3,(H,19,21)(H,20,22). The zero-order chi connectivity index (χ0) is 17.8. The lowest BCUT2D eigenvalue weighted by molar-refractivity contribution is 0.0960. The number of nitrogens with one attached hydrogen (secondary N) is 2. The summed E-state index contributed by atoms with van der Waals surface area (Å²) in [7, 11) is 1.58. The molecule has 0 fully saturated rings. The third-order valence-corrected chi connectivity index (χ3v) is 5.78. The van der Waals surface area contributed by atoms with E-state index in [1.165, 1.54) is 11.3 Å². The average Bonchev–Trinajstić information content (AvgIpc) is 3.06. The Hall–Kier alpha value is -1.96. The summed E-state index contributed by atoms with van der Waals surface area (Å²) in [6.07, 6.45) is 0. The first-order chi connectivity index (χ1) is 12.1. The summed E-state index contributed by atoms with van der Waals surface area (Å²) in [6, 6.07) is 11.0. The fourth-order valence-corrected chi connectivity index (χ4v) is 4.19. The molecule has 2 N–H and O–H groups in total. The molecule has 0 atom stereocenters. The Labute approximate surface area is 158 Å². The van der Waals surface area contributed by atoms with Gasteiger partial charge in [-0.25, -0.2) is 4.98 Å². The van der Waals surface area contributed by atoms with E-state index in [0.29, 0.717) is 27.0 Å². The van der Waals surface area contributed by atoms with Crippen LogP contribution in [0.5, 0.6) is 5.75 Å². The second-order valence-electron chi connectivity index (χ2n) is 4.95. The van der Waals surface area contributed by atoms with Crippen LogP contribution in [0.3, 0.4) is 0 Å². The monoisotopic (exact) mass is 393 g/mol. The van der Waals surface area contributed by atoms with E-state index in [2.05, 4.69) is 22.8 Å². The predicted molar refractivity (Wildman–Crippen MR) is 105 cm³/mol. The Morgan fingerprint density at radius 3 is 2.88 bits per heavy atom. The number of methoxy groups -OCH3 is 1. The molecule has 0 aliphatic heterocycles. The minimum atomic E-state index is -0.214. The molecule has 130 valence electrons. The Bertz CT molecular complexity index is 914. The number of aromatic nitrogens is 1. The highest BCUT2D eigenvalue weighted by Gasteiger charge is 2.14. The number of hydrazine groups is 1. The SMILES string of the molecule is CCSc1ccccc1C(=O)NNc1nc2c(OC)ccc(Cl)c2s1. The number of ether oxygens (including phenoxy) is 1. The summed E-state index contributed by atoms with van der Waals surface area (Å²) in [4.78, 5) is 17.8. The van der Waals surface area contributed by atoms with Crippen LogP contribution < -0.4 is 15.6 Å². The molecule has 0 spiro atoms. The molecule has 3 rings (SSSR count). The van der Waals surface area contributed by atoms with E-state index in [9.17, 15) is 4.79 Å². The highest BCUT2D eigenvalue weighted by atomic mass is 35.5. The van der Waals surface area contributed by atoms with Gasteiger partial charge in [0.1, 0.15) is 11.3 Å². The molecule has 25 heavy (non-hydrogen) atoms. The second kappa shape index (κ2) is 7.95. The number of thioether (sulfide) groups is 1. The zero-order valence-electron chi connectivity index (χ0n) is 13.6. The van der Waals surface area contributed by atoms with Gasteiger partial charge in [0, 0.05) is 4.90 Å². The lowest BCUT2D eigenvalue weighted by Crippen LogP contribution is -2.29. The van der Waals surface area contributed by atoms with Crippen LogP contribution in [0.2, 0.25) is 5.02 Å². The van der Waals surface area contributed by atoms with Crippen molar-refractivity contribution in [2.24, 2.45) is 0 Å². The largest absolute Gasteiger partial charge is 0.494 e. The van der Waals surface area contributed by atoms with Crippen LogP contribution in [0, 0.1) is 0 Å². The summed E-state index contributed by atoms with van der Waals surface area (Å²) in [5.41, 5.74) is 6.85. The van der Waals surface area contributed by atoms with Gasteiger partial charge in [-0.2, -0.15) is 0 Å². The van der Waals surface area contributed by atoms with Crippen molar-refractivity contribution in [2.75, 3.05) is 18.3 Å². The number of halogens is 1. The van der Waals surface area contributed by atoms with Crippen LogP contribution in [0.25, 0.3) is 10.2 Å². The van der Waals surface area contributed by atoms with E-state index in [4.69, 9.17) is 16.3 Å². The normalized spacial score (nSPS) is 10.7. The van der Waals surface area contributed by atoms with Gasteiger partial charge >= 0.3 is 0 Å². The number of amides is 1. The number of hydrogen-bond donors (Lipinski definition) is 2. The molecule has 0 aliphatic carbocycles. The molecule has 8 heteroatoms. The van der Waals surface area contributed by atoms with Gasteiger partial charge in [0.05, 0.1) is 22.4 Å². The van der Waals surface area contributed by atoms with E-state index in [-0.39, 0.29) is 5.91 Å². The van der Waals surface area contributed by atoms with Crippen LogP contribution in [0.15, 0.2) is 41.3 Å². The number of carbonyl (C=O) groups is 1. The molecular formula is C17H16ClN3O2S2. The molecule has 0 saturated carbocycles. The van der Waals surface area contributed by atoms with E-state index < -0.39 is 0 Å². The van der Waals surface area contributed by atoms with Gasteiger partial charge in [-0.05, 0) is 30.0 Å². The Morgan fingerprint density at radius 1 is 1.32 bits per heavy atom. The van der Waals surface area contributed by atoms with E-state index in [0.717, 1.165) is 15.3 Å². The van der Waals surface area contributed by atoms with Crippen molar-refractivity contribution in [3.8, 4) is 5.75 Å². The van der Waals surface area contributed by atoms with Gasteiger partial charge in [0.15, 0.2) is 0 Å². The molecule has 0 aliphatic rings. The molecule has 3 aromatic rings. The number of fused-ring (bicyclic) bond motifs is 1. The van der Waals surface area contributed by atoms with Crippen molar-refractivity contribution in [1.82, 2.24) is 10.4 Å². The Morgan fingerprint density at radius 2 is 2.12 bits per heavy atom. The van der Waals surface area contributed by atoms with Gasteiger partial charge in [-0.1, -0.05) is 42.0 Å². The maximum atomic E-state index is 12.5. The molecule has 1 heterocycles. The van der Waals surface area contributed by atoms with Crippen molar-refractivity contribution in [3.05, 3.63) is 47.0 Å². The summed E-state index contributed by atoms with van der Waals surface area (Å²) in [6.45, 7) is 2.05. The molecule has 1 amide bonds. The molecule has 5 nitrogen and oxygen atoms in total. The number of benzene rings is 2. The fraction of sp³-hybridized carbons (Fsp3) is 0.176. The third kappa shape index (κ3) is 3.84. The van der Waals surface area contributed by atoms with Gasteiger partial charge in [-0.15, -0.1) is 11.8 Å². The van der Waals surface area contributed by atoms with Crippen molar-refractivity contribution >= 4 is 56.0 Å². The quantitative estimate of drug-likeness (QED) is 0.464. The van der Waals surface area contributed by atoms with Crippen molar-refractivity contribution < 1.29 is 9.53 Å². The molecule has 0 saturated heterocycles. The van der Waals surface area contributed by atoms with Crippen LogP contribution in [0.1, 0.15) is 17.3 Å². The first kappa shape index (κ1) is 17.8. The molecular weight excluding hydrogens is 378 g/mol. The second-order valence-corrected chi connectivity index (χ2v) is 7.67. The topological polar surface area (TPSA) is 63.2 Å². The van der Waals surface area contributed by atoms with E-state index >= 15 is 0 Å². The summed E-state index contributed by atoms with van der Waals surface area (Å²) in [5, 5.41) is 1.13. The summed E-state index contributed by atoms with van der Waals surface area (Å²) >= 11 is 9.19. The first-order valence-electron chi connectivity index (χ1n) is 7.55. The lowest BCUT2D eigenvalue weighted by Gasteiger charge is -2.09. The van der Waals surface area contributed by atoms with Crippen LogP contribution in [-0.4, -0.2) is 23.8 Å². The summed E-state index contributed by atoms with van der Waals surface area (Å²) < 4.78 is 6.11. The average molecular weight is 394 g/mol. The van der Waals surface area contributed by atoms with Gasteiger partial charge in [0.25, 0.3) is 5.91 Å². The van der Waals surface area contributed by atoms with E-state index in [1.54, 1.807) is 37.1 Å². The third-order valence-electron chi connectivity index (χ3n) is 3.39. The molecule has 2 aromatic carbocycles. The minimum absolute atomic E-state index is 0.214. The van der Waals surface area contributed by atoms with Gasteiger partial charge < -0.3 is 4.74 Å². The Kier molecular flexibility index (Phi) is 5.67. The van der Waals surface area contributed by atoms with Gasteiger partial charge in [-0.3, -0.25) is 15.6 Å². The number of anilines is 1. The molecule has 0 unspecified atom stereocenters. The number of nitrogens with zero attached hydrogens (tertiary/aromatic N) is 1. The van der Waals surface area contributed by atoms with Gasteiger partial charge in [0.2, 0.25) is 5.13 Å². The first-order valence-corrected chi connectivity index (χ1v) is 9.73. The zero-order valence-corrected chi connectivity index (χ0v) is 16.0. The smallest absolute Gasteiger partial charge is 0.270 e. The fourth-order valence-electron chi connectivity index (χ4n) is 2.28. The summed E-state index contributed by atoms with van der Waals surface area (Å²) in [5.74, 6) is 1.32. The molecule has 0 radical (unpaired) electrons. The van der Waals surface area contributed by atoms with Crippen molar-refractivity contribution in [2.45, 2.75) is 11.8 Å². The van der Waals surface area contributed by atoms with Crippen LogP contribution in [-0.2, 0) is 0 Å². The highest BCUT2D eigenvalue weighted by Crippen LogP contribution is 2.37. The molecule has 1 aromatic heterocycles. The van der Waals surface area contributed by atoms with Crippen molar-refractivity contribution in [3.63, 3.8) is 0 Å². The van der Waals surface area contributed by atoms with E-state index in [1.807, 2.05) is 18.2 Å².